The number of esters is 2. The van der Waals surface area contributed by atoms with E-state index in [9.17, 15) is 9.59 Å². The summed E-state index contributed by atoms with van der Waals surface area (Å²) in [5.41, 5.74) is 4.73. The lowest BCUT2D eigenvalue weighted by Crippen LogP contribution is -2.26. The Hall–Kier alpha value is -6.44. The van der Waals surface area contributed by atoms with Crippen LogP contribution in [0, 0.1) is 24.7 Å². The van der Waals surface area contributed by atoms with Crippen molar-refractivity contribution in [1.82, 2.24) is 0 Å². The first kappa shape index (κ1) is 48.6. The molecule has 0 bridgehead atoms. The van der Waals surface area contributed by atoms with E-state index in [1.807, 2.05) is 19.9 Å². The van der Waals surface area contributed by atoms with Gasteiger partial charge in [0.25, 0.3) is 0 Å². The van der Waals surface area contributed by atoms with Crippen LogP contribution in [-0.2, 0) is 19.1 Å². The van der Waals surface area contributed by atoms with Crippen molar-refractivity contribution < 1.29 is 19.1 Å². The maximum absolute atomic E-state index is 12.6. The Morgan fingerprint density at radius 2 is 0.971 bits per heavy atom. The first-order valence-corrected chi connectivity index (χ1v) is 27.6. The highest BCUT2D eigenvalue weighted by Crippen LogP contribution is 2.47. The summed E-state index contributed by atoms with van der Waals surface area (Å²) in [6.45, 7) is 6.86. The molecule has 6 heteroatoms. The summed E-state index contributed by atoms with van der Waals surface area (Å²) < 4.78 is 10.5. The van der Waals surface area contributed by atoms with Gasteiger partial charge in [-0.1, -0.05) is 214 Å². The van der Waals surface area contributed by atoms with Gasteiger partial charge in [-0.3, -0.25) is 0 Å². The second-order valence-corrected chi connectivity index (χ2v) is 22.8. The quantitative estimate of drug-likeness (QED) is 0.0656. The molecular weight excluding hydrogens is 895 g/mol. The number of ether oxygens (including phenoxy) is 2. The number of carbonyl (C=O) groups is 2. The smallest absolute Gasteiger partial charge is 0.330 e. The second-order valence-electron chi connectivity index (χ2n) is 18.4. The van der Waals surface area contributed by atoms with Gasteiger partial charge in [0, 0.05) is 12.2 Å². The van der Waals surface area contributed by atoms with Crippen LogP contribution < -0.4 is 31.8 Å². The van der Waals surface area contributed by atoms with E-state index < -0.39 is 15.8 Å². The maximum Gasteiger partial charge on any atom is 0.330 e. The molecule has 0 saturated heterocycles. The fourth-order valence-corrected chi connectivity index (χ4v) is 15.8. The summed E-state index contributed by atoms with van der Waals surface area (Å²) in [6, 6.07) is 66.5. The zero-order valence-corrected chi connectivity index (χ0v) is 42.3. The highest BCUT2D eigenvalue weighted by Gasteiger charge is 2.36. The summed E-state index contributed by atoms with van der Waals surface area (Å²) >= 11 is 0. The Morgan fingerprint density at radius 3 is 1.46 bits per heavy atom. The highest BCUT2D eigenvalue weighted by molar-refractivity contribution is 7.80. The number of benzene rings is 8. The lowest BCUT2D eigenvalue weighted by Gasteiger charge is -2.29. The Balaban J connectivity index is 0.000000322. The van der Waals surface area contributed by atoms with Crippen molar-refractivity contribution in [3.05, 3.63) is 211 Å². The van der Waals surface area contributed by atoms with Crippen molar-refractivity contribution in [3.8, 4) is 11.1 Å². The van der Waals surface area contributed by atoms with Gasteiger partial charge in [-0.05, 0) is 149 Å². The van der Waals surface area contributed by atoms with Crippen molar-refractivity contribution in [3.63, 3.8) is 0 Å². The summed E-state index contributed by atoms with van der Waals surface area (Å²) in [5, 5.41) is 12.6. The van der Waals surface area contributed by atoms with Gasteiger partial charge in [-0.15, -0.1) is 0 Å². The van der Waals surface area contributed by atoms with Crippen molar-refractivity contribution in [2.45, 2.75) is 59.3 Å². The molecule has 2 atom stereocenters. The van der Waals surface area contributed by atoms with Gasteiger partial charge in [0.1, 0.15) is 0 Å². The van der Waals surface area contributed by atoms with E-state index in [0.29, 0.717) is 19.1 Å². The molecule has 2 aliphatic rings. The first-order valence-electron chi connectivity index (χ1n) is 24.9. The molecule has 70 heavy (non-hydrogen) atoms. The van der Waals surface area contributed by atoms with E-state index in [-0.39, 0.29) is 11.9 Å². The topological polar surface area (TPSA) is 52.6 Å². The van der Waals surface area contributed by atoms with Gasteiger partial charge in [0.05, 0.1) is 13.2 Å². The van der Waals surface area contributed by atoms with Crippen LogP contribution in [0.25, 0.3) is 38.7 Å². The molecule has 8 aromatic rings. The Morgan fingerprint density at radius 1 is 0.514 bits per heavy atom. The molecule has 0 spiro atoms. The Labute approximate surface area is 417 Å². The van der Waals surface area contributed by atoms with E-state index in [4.69, 9.17) is 9.47 Å². The molecule has 0 N–H and O–H groups in total. The third-order valence-corrected chi connectivity index (χ3v) is 18.9. The minimum absolute atomic E-state index is 0.183. The largest absolute Gasteiger partial charge is 0.463 e. The first-order chi connectivity index (χ1) is 34.4. The van der Waals surface area contributed by atoms with Crippen molar-refractivity contribution >= 4 is 87.2 Å². The van der Waals surface area contributed by atoms with Gasteiger partial charge in [-0.25, -0.2) is 9.59 Å². The predicted molar refractivity (Wildman–Crippen MR) is 299 cm³/mol. The predicted octanol–water partition coefficient (Wildman–Crippen LogP) is 13.4. The average Bonchev–Trinajstić information content (AvgIpc) is 3.83. The highest BCUT2D eigenvalue weighted by atomic mass is 31.1. The molecular formula is C64H62O4P2. The SMILES string of the molecule is C/C=C/C(=O)OCC1CC2CCCCC2C1.CCOC(=O)/C=C/c1cccc2c(-c3c(P(c4ccccc4)c4ccccc4)ccc4c(C)cccc34)c(P(c3ccccc3)c3ccccc3)ccc12. The van der Waals surface area contributed by atoms with Gasteiger partial charge in [0.15, 0.2) is 0 Å². The van der Waals surface area contributed by atoms with Crippen LogP contribution >= 0.6 is 15.8 Å². The van der Waals surface area contributed by atoms with Crippen LogP contribution in [0.5, 0.6) is 0 Å². The van der Waals surface area contributed by atoms with Gasteiger partial charge >= 0.3 is 11.9 Å². The average molecular weight is 957 g/mol. The van der Waals surface area contributed by atoms with E-state index >= 15 is 0 Å². The Kier molecular flexibility index (Phi) is 16.3. The van der Waals surface area contributed by atoms with Gasteiger partial charge < -0.3 is 9.47 Å². The molecule has 2 saturated carbocycles. The van der Waals surface area contributed by atoms with Crippen LogP contribution in [0.3, 0.4) is 0 Å². The zero-order chi connectivity index (χ0) is 48.2. The lowest BCUT2D eigenvalue weighted by molar-refractivity contribution is -0.139. The monoisotopic (exact) mass is 956 g/mol. The van der Waals surface area contributed by atoms with Crippen LogP contribution in [0.1, 0.15) is 63.5 Å². The summed E-state index contributed by atoms with van der Waals surface area (Å²) in [5.74, 6) is 1.96. The van der Waals surface area contributed by atoms with Crippen molar-refractivity contribution in [1.29, 1.82) is 0 Å². The van der Waals surface area contributed by atoms with Crippen LogP contribution in [0.15, 0.2) is 200 Å². The van der Waals surface area contributed by atoms with Crippen molar-refractivity contribution in [2.24, 2.45) is 17.8 Å². The van der Waals surface area contributed by atoms with E-state index in [1.165, 1.54) is 104 Å². The number of hydrogen-bond acceptors (Lipinski definition) is 4. The third kappa shape index (κ3) is 11.1. The van der Waals surface area contributed by atoms with Crippen LogP contribution in [0.2, 0.25) is 0 Å². The molecule has 10 rings (SSSR count). The third-order valence-electron chi connectivity index (χ3n) is 13.9. The maximum atomic E-state index is 12.6. The number of fused-ring (bicyclic) bond motifs is 3. The summed E-state index contributed by atoms with van der Waals surface area (Å²) in [4.78, 5) is 23.8. The molecule has 4 nitrogen and oxygen atoms in total. The van der Waals surface area contributed by atoms with Crippen LogP contribution in [-0.4, -0.2) is 25.2 Å². The molecule has 2 unspecified atom stereocenters. The molecule has 0 aromatic heterocycles. The van der Waals surface area contributed by atoms with E-state index in [2.05, 4.69) is 189 Å². The fraction of sp³-hybridized carbons (Fsp3) is 0.219. The standard InChI is InChI=1S/C50H40O2P2.C14H22O2/c1-3-52-48(51)35-30-37-19-17-29-45-43(37)32-34-47(54(40-24-12-6-13-25-40)41-26-14-7-15-27-41)50(45)49-44-28-16-18-36(2)42(44)31-33-46(49)53(38-20-8-4-9-21-38)39-22-10-5-11-23-39;1-2-5-14(15)16-10-11-8-12-6-3-4-7-13(12)9-11/h4-35H,3H2,1-2H3;2,5,11-13H,3-4,6-10H2,1H3/b35-30+;5-2+. The zero-order valence-electron chi connectivity index (χ0n) is 40.5. The minimum Gasteiger partial charge on any atom is -0.463 e. The number of carbonyl (C=O) groups excluding carboxylic acids is 2. The molecule has 352 valence electrons. The van der Waals surface area contributed by atoms with Crippen molar-refractivity contribution in [2.75, 3.05) is 13.2 Å². The van der Waals surface area contributed by atoms with Gasteiger partial charge in [-0.2, -0.15) is 0 Å². The molecule has 0 heterocycles. The molecule has 8 aromatic carbocycles. The summed E-state index contributed by atoms with van der Waals surface area (Å²) in [7, 11) is -1.95. The van der Waals surface area contributed by atoms with Crippen LogP contribution in [0.4, 0.5) is 0 Å². The number of rotatable bonds is 13. The molecule has 0 radical (unpaired) electrons. The lowest BCUT2D eigenvalue weighted by atomic mass is 9.82. The molecule has 0 amide bonds. The number of aryl methyl sites for hydroxylation is 1. The minimum atomic E-state index is -0.985. The molecule has 0 aliphatic heterocycles. The number of allylic oxidation sites excluding steroid dienone is 1. The molecule has 2 fully saturated rings. The number of hydrogen-bond donors (Lipinski definition) is 0. The summed E-state index contributed by atoms with van der Waals surface area (Å²) in [6.07, 6.45) is 14.9. The fourth-order valence-electron chi connectivity index (χ4n) is 10.8. The van der Waals surface area contributed by atoms with Gasteiger partial charge in [0.2, 0.25) is 0 Å². The normalized spacial score (nSPS) is 16.7. The molecule has 2 aliphatic carbocycles. The van der Waals surface area contributed by atoms with E-state index in [0.717, 1.165) is 28.2 Å². The second kappa shape index (κ2) is 23.4. The Bertz CT molecular complexity index is 3000. The van der Waals surface area contributed by atoms with E-state index in [1.54, 1.807) is 12.2 Å².